The first kappa shape index (κ1) is 12.8. The summed E-state index contributed by atoms with van der Waals surface area (Å²) in [6, 6.07) is 9.36. The Morgan fingerprint density at radius 2 is 2.06 bits per heavy atom. The lowest BCUT2D eigenvalue weighted by molar-refractivity contribution is 0.875. The van der Waals surface area contributed by atoms with Gasteiger partial charge in [-0.15, -0.1) is 0 Å². The number of nitrogens with two attached hydrogens (primary N) is 1. The molecule has 0 saturated heterocycles. The largest absolute Gasteiger partial charge is 0.308 e. The zero-order valence-electron chi connectivity index (χ0n) is 10.2. The Morgan fingerprint density at radius 3 is 2.72 bits per heavy atom. The third-order valence-electron chi connectivity index (χ3n) is 2.55. The zero-order valence-corrected chi connectivity index (χ0v) is 10.9. The zero-order chi connectivity index (χ0) is 13.0. The Hall–Kier alpha value is -1.65. The maximum absolute atomic E-state index is 6.15. The molecule has 0 aliphatic heterocycles. The molecule has 1 aromatic heterocycles. The van der Waals surface area contributed by atoms with Crippen molar-refractivity contribution in [1.29, 1.82) is 0 Å². The van der Waals surface area contributed by atoms with Gasteiger partial charge in [0.05, 0.1) is 5.02 Å². The minimum atomic E-state index is 0.597. The first-order valence-electron chi connectivity index (χ1n) is 5.84. The van der Waals surface area contributed by atoms with Crippen LogP contribution in [0, 0.1) is 0 Å². The van der Waals surface area contributed by atoms with Crippen LogP contribution in [0.2, 0.25) is 5.02 Å². The Morgan fingerprint density at radius 1 is 1.28 bits per heavy atom. The summed E-state index contributed by atoms with van der Waals surface area (Å²) in [5.74, 6) is 6.62. The van der Waals surface area contributed by atoms with Gasteiger partial charge in [-0.3, -0.25) is 0 Å². The lowest BCUT2D eigenvalue weighted by Crippen LogP contribution is -2.10. The normalized spacial score (nSPS) is 10.4. The fraction of sp³-hybridized carbons (Fsp3) is 0.231. The van der Waals surface area contributed by atoms with E-state index in [1.165, 1.54) is 0 Å². The average Bonchev–Trinajstić information content (AvgIpc) is 2.39. The van der Waals surface area contributed by atoms with Crippen LogP contribution in [0.5, 0.6) is 0 Å². The van der Waals surface area contributed by atoms with Crippen molar-refractivity contribution in [3.63, 3.8) is 0 Å². The van der Waals surface area contributed by atoms with Crippen molar-refractivity contribution in [2.24, 2.45) is 5.84 Å². The molecule has 0 amide bonds. The van der Waals surface area contributed by atoms with Crippen molar-refractivity contribution >= 4 is 17.4 Å². The van der Waals surface area contributed by atoms with Gasteiger partial charge in [0.15, 0.2) is 5.82 Å². The number of nitrogen functional groups attached to an aromatic ring is 1. The number of rotatable bonds is 4. The number of anilines is 1. The minimum Gasteiger partial charge on any atom is -0.308 e. The lowest BCUT2D eigenvalue weighted by atomic mass is 10.2. The summed E-state index contributed by atoms with van der Waals surface area (Å²) >= 11 is 6.15. The topological polar surface area (TPSA) is 63.8 Å². The van der Waals surface area contributed by atoms with Gasteiger partial charge >= 0.3 is 0 Å². The summed E-state index contributed by atoms with van der Waals surface area (Å²) in [5, 5.41) is 0.633. The Balaban J connectivity index is 2.50. The Bertz CT molecular complexity index is 542. The first-order chi connectivity index (χ1) is 8.74. The second kappa shape index (κ2) is 5.80. The van der Waals surface area contributed by atoms with Gasteiger partial charge in [0.2, 0.25) is 0 Å². The van der Waals surface area contributed by atoms with Gasteiger partial charge in [-0.1, -0.05) is 37.1 Å². The molecule has 0 unspecified atom stereocenters. The molecule has 5 heteroatoms. The quantitative estimate of drug-likeness (QED) is 0.657. The molecule has 0 aliphatic rings. The number of hydrogen-bond acceptors (Lipinski definition) is 4. The molecule has 0 aliphatic carbocycles. The van der Waals surface area contributed by atoms with Crippen molar-refractivity contribution < 1.29 is 0 Å². The molecule has 4 nitrogen and oxygen atoms in total. The summed E-state index contributed by atoms with van der Waals surface area (Å²) in [7, 11) is 0. The summed E-state index contributed by atoms with van der Waals surface area (Å²) in [4.78, 5) is 8.84. The van der Waals surface area contributed by atoms with E-state index >= 15 is 0 Å². The third kappa shape index (κ3) is 2.78. The van der Waals surface area contributed by atoms with E-state index in [0.717, 1.165) is 24.1 Å². The second-order valence-corrected chi connectivity index (χ2v) is 4.35. The molecule has 0 bridgehead atoms. The highest BCUT2D eigenvalue weighted by molar-refractivity contribution is 6.33. The summed E-state index contributed by atoms with van der Waals surface area (Å²) in [6.45, 7) is 2.10. The number of nitrogens with zero attached hydrogens (tertiary/aromatic N) is 2. The van der Waals surface area contributed by atoms with Crippen molar-refractivity contribution in [2.75, 3.05) is 5.43 Å². The van der Waals surface area contributed by atoms with E-state index in [1.807, 2.05) is 30.3 Å². The van der Waals surface area contributed by atoms with Gasteiger partial charge in [0.25, 0.3) is 0 Å². The van der Waals surface area contributed by atoms with Crippen molar-refractivity contribution in [3.8, 4) is 11.4 Å². The van der Waals surface area contributed by atoms with E-state index in [-0.39, 0.29) is 0 Å². The van der Waals surface area contributed by atoms with Crippen molar-refractivity contribution in [2.45, 2.75) is 19.8 Å². The van der Waals surface area contributed by atoms with Gasteiger partial charge in [0.1, 0.15) is 5.82 Å². The number of halogens is 1. The first-order valence-corrected chi connectivity index (χ1v) is 6.22. The average molecular weight is 263 g/mol. The molecule has 0 saturated carbocycles. The van der Waals surface area contributed by atoms with E-state index in [1.54, 1.807) is 0 Å². The van der Waals surface area contributed by atoms with E-state index in [9.17, 15) is 0 Å². The Labute approximate surface area is 111 Å². The van der Waals surface area contributed by atoms with Gasteiger partial charge in [-0.2, -0.15) is 0 Å². The molecule has 2 aromatic rings. The third-order valence-corrected chi connectivity index (χ3v) is 2.88. The SMILES string of the molecule is CCCc1cc(NN)nc(-c2ccccc2Cl)n1. The van der Waals surface area contributed by atoms with Crippen LogP contribution in [0.1, 0.15) is 19.0 Å². The monoisotopic (exact) mass is 262 g/mol. The molecule has 0 spiro atoms. The molecule has 1 heterocycles. The summed E-state index contributed by atoms with van der Waals surface area (Å²) in [6.07, 6.45) is 1.90. The fourth-order valence-electron chi connectivity index (χ4n) is 1.72. The van der Waals surface area contributed by atoms with Crippen LogP contribution in [0.3, 0.4) is 0 Å². The minimum absolute atomic E-state index is 0.597. The van der Waals surface area contributed by atoms with Crippen LogP contribution in [-0.4, -0.2) is 9.97 Å². The Kier molecular flexibility index (Phi) is 4.12. The molecule has 0 fully saturated rings. The number of aromatic nitrogens is 2. The van der Waals surface area contributed by atoms with Gasteiger partial charge in [-0.25, -0.2) is 15.8 Å². The fourth-order valence-corrected chi connectivity index (χ4v) is 1.94. The van der Waals surface area contributed by atoms with Crippen molar-refractivity contribution in [1.82, 2.24) is 9.97 Å². The molecule has 18 heavy (non-hydrogen) atoms. The number of hydrogen-bond donors (Lipinski definition) is 2. The second-order valence-electron chi connectivity index (χ2n) is 3.94. The lowest BCUT2D eigenvalue weighted by Gasteiger charge is -2.08. The molecule has 3 N–H and O–H groups in total. The summed E-state index contributed by atoms with van der Waals surface area (Å²) < 4.78 is 0. The predicted molar refractivity (Wildman–Crippen MR) is 74.3 cm³/mol. The standard InChI is InChI=1S/C13H15ClN4/c1-2-5-9-8-12(18-15)17-13(16-9)10-6-3-4-7-11(10)14/h3-4,6-8H,2,5,15H2,1H3,(H,16,17,18). The number of benzene rings is 1. The van der Waals surface area contributed by atoms with Crippen LogP contribution < -0.4 is 11.3 Å². The number of hydrazine groups is 1. The smallest absolute Gasteiger partial charge is 0.163 e. The van der Waals surface area contributed by atoms with Gasteiger partial charge < -0.3 is 5.43 Å². The van der Waals surface area contributed by atoms with E-state index < -0.39 is 0 Å². The maximum atomic E-state index is 6.15. The van der Waals surface area contributed by atoms with Crippen LogP contribution in [0.15, 0.2) is 30.3 Å². The molecular formula is C13H15ClN4. The van der Waals surface area contributed by atoms with Crippen LogP contribution >= 0.6 is 11.6 Å². The molecule has 0 atom stereocenters. The van der Waals surface area contributed by atoms with E-state index in [4.69, 9.17) is 17.4 Å². The van der Waals surface area contributed by atoms with E-state index in [0.29, 0.717) is 16.7 Å². The highest BCUT2D eigenvalue weighted by atomic mass is 35.5. The number of aryl methyl sites for hydroxylation is 1. The molecule has 94 valence electrons. The maximum Gasteiger partial charge on any atom is 0.163 e. The molecular weight excluding hydrogens is 248 g/mol. The molecule has 0 radical (unpaired) electrons. The van der Waals surface area contributed by atoms with E-state index in [2.05, 4.69) is 22.3 Å². The van der Waals surface area contributed by atoms with Gasteiger partial charge in [-0.05, 0) is 18.6 Å². The van der Waals surface area contributed by atoms with Gasteiger partial charge in [0, 0.05) is 17.3 Å². The predicted octanol–water partition coefficient (Wildman–Crippen LogP) is 3.04. The van der Waals surface area contributed by atoms with Crippen LogP contribution in [-0.2, 0) is 6.42 Å². The highest BCUT2D eigenvalue weighted by Gasteiger charge is 2.09. The highest BCUT2D eigenvalue weighted by Crippen LogP contribution is 2.25. The molecule has 1 aromatic carbocycles. The van der Waals surface area contributed by atoms with Crippen LogP contribution in [0.25, 0.3) is 11.4 Å². The summed E-state index contributed by atoms with van der Waals surface area (Å²) in [5.41, 5.74) is 4.33. The number of nitrogens with one attached hydrogen (secondary N) is 1. The molecule has 2 rings (SSSR count). The van der Waals surface area contributed by atoms with Crippen LogP contribution in [0.4, 0.5) is 5.82 Å². The van der Waals surface area contributed by atoms with Crippen molar-refractivity contribution in [3.05, 3.63) is 41.0 Å².